The van der Waals surface area contributed by atoms with Gasteiger partial charge in [0.1, 0.15) is 15.6 Å². The molecule has 0 saturated carbocycles. The molecule has 0 aliphatic rings. The molecular weight excluding hydrogens is 274 g/mol. The number of aryl methyl sites for hydroxylation is 1. The molecule has 1 aromatic rings. The average Bonchev–Trinajstić information content (AvgIpc) is 2.59. The number of aromatic nitrogens is 2. The molecule has 114 valence electrons. The third-order valence-corrected chi connectivity index (χ3v) is 3.33. The summed E-state index contributed by atoms with van der Waals surface area (Å²) in [6.45, 7) is 11.8. The van der Waals surface area contributed by atoms with Crippen LogP contribution in [0, 0.1) is 12.8 Å². The van der Waals surface area contributed by atoms with E-state index in [0.717, 1.165) is 16.4 Å². The van der Waals surface area contributed by atoms with Crippen molar-refractivity contribution in [2.75, 3.05) is 0 Å². The number of ether oxygens (including phenoxy) is 1. The molecule has 6 heteroatoms. The number of alkyl carbamates (subject to hydrolysis) is 1. The first kappa shape index (κ1) is 16.9. The van der Waals surface area contributed by atoms with Crippen molar-refractivity contribution in [2.24, 2.45) is 5.92 Å². The zero-order chi connectivity index (χ0) is 15.3. The van der Waals surface area contributed by atoms with Gasteiger partial charge in [0, 0.05) is 12.5 Å². The molecule has 5 nitrogen and oxygen atoms in total. The van der Waals surface area contributed by atoms with Crippen LogP contribution in [0.1, 0.15) is 51.1 Å². The summed E-state index contributed by atoms with van der Waals surface area (Å²) in [7, 11) is 0. The maximum absolute atomic E-state index is 11.9. The van der Waals surface area contributed by atoms with Gasteiger partial charge in [0.2, 0.25) is 0 Å². The van der Waals surface area contributed by atoms with Crippen LogP contribution in [0.3, 0.4) is 0 Å². The molecule has 1 N–H and O–H groups in total. The summed E-state index contributed by atoms with van der Waals surface area (Å²) < 4.78 is 5.31. The Balaban J connectivity index is 2.62. The molecule has 1 aromatic heterocycles. The van der Waals surface area contributed by atoms with Crippen molar-refractivity contribution in [1.82, 2.24) is 15.5 Å². The van der Waals surface area contributed by atoms with E-state index in [2.05, 4.69) is 29.4 Å². The van der Waals surface area contributed by atoms with E-state index < -0.39 is 5.60 Å². The molecule has 1 rings (SSSR count). The lowest BCUT2D eigenvalue weighted by Crippen LogP contribution is -2.40. The minimum atomic E-state index is -0.480. The van der Waals surface area contributed by atoms with Gasteiger partial charge in [0.25, 0.3) is 0 Å². The van der Waals surface area contributed by atoms with Crippen LogP contribution in [0.5, 0.6) is 0 Å². The molecule has 0 spiro atoms. The Hall–Kier alpha value is -1.17. The van der Waals surface area contributed by atoms with E-state index in [0.29, 0.717) is 12.3 Å². The smallest absolute Gasteiger partial charge is 0.407 e. The molecule has 0 fully saturated rings. The van der Waals surface area contributed by atoms with Gasteiger partial charge in [0.15, 0.2) is 0 Å². The van der Waals surface area contributed by atoms with Crippen LogP contribution in [0.4, 0.5) is 4.79 Å². The number of carbonyl (C=O) groups is 1. The normalized spacial score (nSPS) is 13.3. The summed E-state index contributed by atoms with van der Waals surface area (Å²) >= 11 is 1.57. The van der Waals surface area contributed by atoms with Gasteiger partial charge in [-0.2, -0.15) is 0 Å². The number of hydrogen-bond donors (Lipinski definition) is 1. The number of nitrogens with one attached hydrogen (secondary N) is 1. The van der Waals surface area contributed by atoms with Crippen LogP contribution in [0.15, 0.2) is 0 Å². The Morgan fingerprint density at radius 3 is 2.45 bits per heavy atom. The largest absolute Gasteiger partial charge is 0.444 e. The van der Waals surface area contributed by atoms with Gasteiger partial charge in [-0.05, 0) is 40.0 Å². The van der Waals surface area contributed by atoms with E-state index in [1.165, 1.54) is 0 Å². The highest BCUT2D eigenvalue weighted by Crippen LogP contribution is 2.15. The van der Waals surface area contributed by atoms with Crippen LogP contribution in [0.25, 0.3) is 0 Å². The second kappa shape index (κ2) is 7.02. The summed E-state index contributed by atoms with van der Waals surface area (Å²) in [6.07, 6.45) is 1.21. The molecule has 0 bridgehead atoms. The van der Waals surface area contributed by atoms with Gasteiger partial charge < -0.3 is 10.1 Å². The molecule has 1 atom stereocenters. The van der Waals surface area contributed by atoms with Gasteiger partial charge in [-0.25, -0.2) is 4.79 Å². The lowest BCUT2D eigenvalue weighted by molar-refractivity contribution is 0.0498. The predicted octanol–water partition coefficient (Wildman–Crippen LogP) is 3.33. The fourth-order valence-electron chi connectivity index (χ4n) is 1.87. The van der Waals surface area contributed by atoms with Crippen LogP contribution in [-0.4, -0.2) is 27.9 Å². The third kappa shape index (κ3) is 6.84. The van der Waals surface area contributed by atoms with Crippen LogP contribution in [0.2, 0.25) is 0 Å². The number of hydrogen-bond acceptors (Lipinski definition) is 5. The van der Waals surface area contributed by atoms with Crippen molar-refractivity contribution in [3.63, 3.8) is 0 Å². The molecule has 0 aliphatic carbocycles. The highest BCUT2D eigenvalue weighted by molar-refractivity contribution is 7.11. The molecular formula is C14H25N3O2S. The van der Waals surface area contributed by atoms with Gasteiger partial charge in [-0.15, -0.1) is 21.5 Å². The first-order valence-electron chi connectivity index (χ1n) is 6.94. The lowest BCUT2D eigenvalue weighted by Gasteiger charge is -2.24. The highest BCUT2D eigenvalue weighted by Gasteiger charge is 2.21. The number of carbonyl (C=O) groups excluding carboxylic acids is 1. The van der Waals surface area contributed by atoms with Gasteiger partial charge in [-0.1, -0.05) is 13.8 Å². The minimum absolute atomic E-state index is 0.0252. The molecule has 0 saturated heterocycles. The minimum Gasteiger partial charge on any atom is -0.444 e. The number of nitrogens with zero attached hydrogens (tertiary/aromatic N) is 2. The topological polar surface area (TPSA) is 64.1 Å². The standard InChI is InChI=1S/C14H25N3O2S/c1-9(2)7-11(8-12-17-16-10(3)20-12)15-13(18)19-14(4,5)6/h9,11H,7-8H2,1-6H3,(H,15,18)/t11-/m0/s1. The number of rotatable bonds is 5. The number of amides is 1. The second-order valence-corrected chi connectivity index (χ2v) is 7.66. The highest BCUT2D eigenvalue weighted by atomic mass is 32.1. The molecule has 20 heavy (non-hydrogen) atoms. The monoisotopic (exact) mass is 299 g/mol. The van der Waals surface area contributed by atoms with E-state index in [4.69, 9.17) is 4.74 Å². The van der Waals surface area contributed by atoms with Crippen molar-refractivity contribution >= 4 is 17.4 Å². The summed E-state index contributed by atoms with van der Waals surface area (Å²) in [6, 6.07) is 0.0252. The third-order valence-electron chi connectivity index (χ3n) is 2.47. The van der Waals surface area contributed by atoms with Crippen molar-refractivity contribution in [3.8, 4) is 0 Å². The van der Waals surface area contributed by atoms with Crippen molar-refractivity contribution in [1.29, 1.82) is 0 Å². The van der Waals surface area contributed by atoms with Crippen LogP contribution in [-0.2, 0) is 11.2 Å². The van der Waals surface area contributed by atoms with E-state index in [1.54, 1.807) is 11.3 Å². The summed E-state index contributed by atoms with van der Waals surface area (Å²) in [4.78, 5) is 11.9. The maximum atomic E-state index is 11.9. The molecule has 1 amide bonds. The fraction of sp³-hybridized carbons (Fsp3) is 0.786. The second-order valence-electron chi connectivity index (χ2n) is 6.39. The first-order chi connectivity index (χ1) is 9.15. The van der Waals surface area contributed by atoms with Crippen molar-refractivity contribution in [2.45, 2.75) is 66.0 Å². The molecule has 0 unspecified atom stereocenters. The van der Waals surface area contributed by atoms with E-state index in [9.17, 15) is 4.79 Å². The fourth-order valence-corrected chi connectivity index (χ4v) is 2.66. The average molecular weight is 299 g/mol. The van der Waals surface area contributed by atoms with Crippen LogP contribution < -0.4 is 5.32 Å². The summed E-state index contributed by atoms with van der Waals surface area (Å²) in [5, 5.41) is 13.0. The zero-order valence-corrected chi connectivity index (χ0v) is 14.0. The Morgan fingerprint density at radius 2 is 2.00 bits per heavy atom. The van der Waals surface area contributed by atoms with E-state index >= 15 is 0 Å². The zero-order valence-electron chi connectivity index (χ0n) is 13.2. The Morgan fingerprint density at radius 1 is 1.35 bits per heavy atom. The van der Waals surface area contributed by atoms with Crippen molar-refractivity contribution < 1.29 is 9.53 Å². The van der Waals surface area contributed by atoms with Gasteiger partial charge >= 0.3 is 6.09 Å². The lowest BCUT2D eigenvalue weighted by atomic mass is 10.0. The van der Waals surface area contributed by atoms with Gasteiger partial charge in [-0.3, -0.25) is 0 Å². The van der Waals surface area contributed by atoms with Gasteiger partial charge in [0.05, 0.1) is 0 Å². The predicted molar refractivity (Wildman–Crippen MR) is 81.0 cm³/mol. The van der Waals surface area contributed by atoms with E-state index in [-0.39, 0.29) is 12.1 Å². The molecule has 0 aromatic carbocycles. The van der Waals surface area contributed by atoms with Crippen molar-refractivity contribution in [3.05, 3.63) is 10.0 Å². The Labute approximate surface area is 125 Å². The Kier molecular flexibility index (Phi) is 5.92. The van der Waals surface area contributed by atoms with Crippen LogP contribution >= 0.6 is 11.3 Å². The first-order valence-corrected chi connectivity index (χ1v) is 7.76. The van der Waals surface area contributed by atoms with E-state index in [1.807, 2.05) is 27.7 Å². The summed E-state index contributed by atoms with van der Waals surface area (Å²) in [5.74, 6) is 0.490. The maximum Gasteiger partial charge on any atom is 0.407 e. The SMILES string of the molecule is Cc1nnc(C[C@H](CC(C)C)NC(=O)OC(C)(C)C)s1. The Bertz CT molecular complexity index is 438. The molecule has 0 aliphatic heterocycles. The molecule has 1 heterocycles. The molecule has 0 radical (unpaired) electrons. The quantitative estimate of drug-likeness (QED) is 0.905. The summed E-state index contributed by atoms with van der Waals surface area (Å²) in [5.41, 5.74) is -0.480.